The van der Waals surface area contributed by atoms with E-state index in [1.807, 2.05) is 0 Å². The molecule has 0 aliphatic rings. The Morgan fingerprint density at radius 1 is 1.67 bits per heavy atom. The molecule has 0 radical (unpaired) electrons. The number of aromatic nitrogens is 2. The molecule has 5 heteroatoms. The number of carbonyl (C=O) groups is 1. The lowest BCUT2D eigenvalue weighted by molar-refractivity contribution is 0.0954. The van der Waals surface area contributed by atoms with Gasteiger partial charge in [-0.1, -0.05) is 11.6 Å². The van der Waals surface area contributed by atoms with Gasteiger partial charge in [0.2, 0.25) is 0 Å². The second-order valence-electron chi connectivity index (χ2n) is 2.45. The Hall–Kier alpha value is -1.03. The van der Waals surface area contributed by atoms with Crippen LogP contribution in [0.3, 0.4) is 0 Å². The molecular formula is C7H10ClN3O. The summed E-state index contributed by atoms with van der Waals surface area (Å²) in [5, 5.41) is 6.91. The summed E-state index contributed by atoms with van der Waals surface area (Å²) < 4.78 is 1.47. The van der Waals surface area contributed by atoms with Crippen LogP contribution in [-0.4, -0.2) is 22.7 Å². The van der Waals surface area contributed by atoms with Crippen LogP contribution in [0.4, 0.5) is 0 Å². The number of halogens is 1. The van der Waals surface area contributed by atoms with Crippen LogP contribution >= 0.6 is 11.6 Å². The molecular weight excluding hydrogens is 178 g/mol. The van der Waals surface area contributed by atoms with E-state index in [2.05, 4.69) is 10.4 Å². The van der Waals surface area contributed by atoms with Gasteiger partial charge in [0.05, 0.1) is 10.7 Å². The first kappa shape index (κ1) is 9.06. The predicted octanol–water partition coefficient (Wildman–Crippen LogP) is 0.742. The van der Waals surface area contributed by atoms with Gasteiger partial charge < -0.3 is 5.32 Å². The molecule has 0 spiro atoms. The first-order valence-corrected chi connectivity index (χ1v) is 3.87. The van der Waals surface area contributed by atoms with Crippen LogP contribution in [0.25, 0.3) is 0 Å². The van der Waals surface area contributed by atoms with Crippen molar-refractivity contribution < 1.29 is 4.79 Å². The van der Waals surface area contributed by atoms with E-state index in [4.69, 9.17) is 11.6 Å². The van der Waals surface area contributed by atoms with E-state index in [-0.39, 0.29) is 5.91 Å². The summed E-state index contributed by atoms with van der Waals surface area (Å²) in [4.78, 5) is 11.2. The fourth-order valence-corrected chi connectivity index (χ4v) is 1.24. The summed E-state index contributed by atoms with van der Waals surface area (Å²) in [6.45, 7) is 1.76. The molecule has 0 bridgehead atoms. The van der Waals surface area contributed by atoms with Crippen molar-refractivity contribution in [3.05, 3.63) is 16.4 Å². The van der Waals surface area contributed by atoms with E-state index in [1.165, 1.54) is 4.68 Å². The number of hydrogen-bond acceptors (Lipinski definition) is 2. The van der Waals surface area contributed by atoms with Crippen molar-refractivity contribution in [2.75, 3.05) is 7.05 Å². The first-order chi connectivity index (χ1) is 5.57. The molecule has 66 valence electrons. The molecule has 1 heterocycles. The van der Waals surface area contributed by atoms with Gasteiger partial charge in [0.15, 0.2) is 0 Å². The SMILES string of the molecule is CNC(=O)c1c(Cl)c(C)nn1C. The Morgan fingerprint density at radius 2 is 2.25 bits per heavy atom. The molecule has 0 saturated heterocycles. The minimum atomic E-state index is -0.219. The molecule has 1 N–H and O–H groups in total. The normalized spacial score (nSPS) is 10.0. The number of hydrogen-bond donors (Lipinski definition) is 1. The molecule has 0 saturated carbocycles. The molecule has 0 atom stereocenters. The van der Waals surface area contributed by atoms with Crippen molar-refractivity contribution >= 4 is 17.5 Å². The van der Waals surface area contributed by atoms with Crippen molar-refractivity contribution in [2.24, 2.45) is 7.05 Å². The minimum absolute atomic E-state index is 0.219. The van der Waals surface area contributed by atoms with Crippen LogP contribution in [0.5, 0.6) is 0 Å². The first-order valence-electron chi connectivity index (χ1n) is 3.49. The largest absolute Gasteiger partial charge is 0.354 e. The summed E-state index contributed by atoms with van der Waals surface area (Å²) in [6.07, 6.45) is 0. The molecule has 0 unspecified atom stereocenters. The quantitative estimate of drug-likeness (QED) is 0.705. The Kier molecular flexibility index (Phi) is 2.38. The van der Waals surface area contributed by atoms with Gasteiger partial charge in [-0.05, 0) is 6.92 Å². The Balaban J connectivity index is 3.22. The number of amides is 1. The van der Waals surface area contributed by atoms with Crippen LogP contribution in [0.2, 0.25) is 5.02 Å². The average molecular weight is 188 g/mol. The van der Waals surface area contributed by atoms with E-state index in [0.29, 0.717) is 16.4 Å². The number of rotatable bonds is 1. The topological polar surface area (TPSA) is 46.9 Å². The lowest BCUT2D eigenvalue weighted by Crippen LogP contribution is -2.21. The highest BCUT2D eigenvalue weighted by Crippen LogP contribution is 2.18. The molecule has 0 aliphatic carbocycles. The zero-order valence-corrected chi connectivity index (χ0v) is 7.94. The van der Waals surface area contributed by atoms with E-state index in [9.17, 15) is 4.79 Å². The molecule has 1 aromatic rings. The average Bonchev–Trinajstić information content (AvgIpc) is 2.26. The smallest absolute Gasteiger partial charge is 0.270 e. The van der Waals surface area contributed by atoms with Gasteiger partial charge in [-0.2, -0.15) is 5.10 Å². The van der Waals surface area contributed by atoms with Crippen LogP contribution in [-0.2, 0) is 7.05 Å². The predicted molar refractivity (Wildman–Crippen MR) is 46.3 cm³/mol. The Morgan fingerprint density at radius 3 is 2.58 bits per heavy atom. The fourth-order valence-electron chi connectivity index (χ4n) is 0.997. The van der Waals surface area contributed by atoms with Crippen molar-refractivity contribution in [3.8, 4) is 0 Å². The standard InChI is InChI=1S/C7H10ClN3O/c1-4-5(8)6(7(12)9-2)11(3)10-4/h1-3H3,(H,9,12). The lowest BCUT2D eigenvalue weighted by Gasteiger charge is -1.99. The monoisotopic (exact) mass is 187 g/mol. The minimum Gasteiger partial charge on any atom is -0.354 e. The molecule has 12 heavy (non-hydrogen) atoms. The van der Waals surface area contributed by atoms with Gasteiger partial charge in [0.1, 0.15) is 5.69 Å². The Bertz CT molecular complexity index is 319. The molecule has 1 amide bonds. The fraction of sp³-hybridized carbons (Fsp3) is 0.429. The molecule has 4 nitrogen and oxygen atoms in total. The third-order valence-electron chi connectivity index (χ3n) is 1.59. The summed E-state index contributed by atoms with van der Waals surface area (Å²) in [5.74, 6) is -0.219. The zero-order chi connectivity index (χ0) is 9.30. The summed E-state index contributed by atoms with van der Waals surface area (Å²) >= 11 is 5.84. The highest BCUT2D eigenvalue weighted by molar-refractivity contribution is 6.34. The van der Waals surface area contributed by atoms with Gasteiger partial charge >= 0.3 is 0 Å². The van der Waals surface area contributed by atoms with E-state index < -0.39 is 0 Å². The highest BCUT2D eigenvalue weighted by atomic mass is 35.5. The van der Waals surface area contributed by atoms with Gasteiger partial charge in [0, 0.05) is 14.1 Å². The highest BCUT2D eigenvalue weighted by Gasteiger charge is 2.16. The third kappa shape index (κ3) is 1.30. The zero-order valence-electron chi connectivity index (χ0n) is 7.18. The van der Waals surface area contributed by atoms with Gasteiger partial charge in [-0.25, -0.2) is 0 Å². The summed E-state index contributed by atoms with van der Waals surface area (Å²) in [6, 6.07) is 0. The van der Waals surface area contributed by atoms with Crippen LogP contribution in [0.15, 0.2) is 0 Å². The maximum Gasteiger partial charge on any atom is 0.270 e. The van der Waals surface area contributed by atoms with Crippen LogP contribution in [0.1, 0.15) is 16.2 Å². The van der Waals surface area contributed by atoms with Crippen LogP contribution in [0, 0.1) is 6.92 Å². The van der Waals surface area contributed by atoms with E-state index >= 15 is 0 Å². The number of carbonyl (C=O) groups excluding carboxylic acids is 1. The second-order valence-corrected chi connectivity index (χ2v) is 2.83. The van der Waals surface area contributed by atoms with E-state index in [0.717, 1.165) is 0 Å². The number of aryl methyl sites for hydroxylation is 2. The Labute approximate surface area is 75.5 Å². The van der Waals surface area contributed by atoms with Crippen molar-refractivity contribution in [2.45, 2.75) is 6.92 Å². The van der Waals surface area contributed by atoms with Crippen LogP contribution < -0.4 is 5.32 Å². The maximum absolute atomic E-state index is 11.2. The van der Waals surface area contributed by atoms with Crippen molar-refractivity contribution in [3.63, 3.8) is 0 Å². The van der Waals surface area contributed by atoms with Gasteiger partial charge in [0.25, 0.3) is 5.91 Å². The summed E-state index contributed by atoms with van der Waals surface area (Å²) in [7, 11) is 3.24. The van der Waals surface area contributed by atoms with Gasteiger partial charge in [-0.15, -0.1) is 0 Å². The van der Waals surface area contributed by atoms with Crippen molar-refractivity contribution in [1.29, 1.82) is 0 Å². The molecule has 1 rings (SSSR count). The molecule has 1 aromatic heterocycles. The van der Waals surface area contributed by atoms with E-state index in [1.54, 1.807) is 21.0 Å². The lowest BCUT2D eigenvalue weighted by atomic mass is 10.3. The van der Waals surface area contributed by atoms with Gasteiger partial charge in [-0.3, -0.25) is 9.48 Å². The maximum atomic E-state index is 11.2. The summed E-state index contributed by atoms with van der Waals surface area (Å²) in [5.41, 5.74) is 1.06. The molecule has 0 aromatic carbocycles. The van der Waals surface area contributed by atoms with Crippen molar-refractivity contribution in [1.82, 2.24) is 15.1 Å². The number of nitrogens with one attached hydrogen (secondary N) is 1. The number of nitrogens with zero attached hydrogens (tertiary/aromatic N) is 2. The molecule has 0 aliphatic heterocycles. The second kappa shape index (κ2) is 3.15. The molecule has 0 fully saturated rings. The third-order valence-corrected chi connectivity index (χ3v) is 2.04.